The molecular weight excluding hydrogens is 701 g/mol. The Kier molecular flexibility index (Phi) is 11.0. The summed E-state index contributed by atoms with van der Waals surface area (Å²) in [6.45, 7) is 1.54. The lowest BCUT2D eigenvalue weighted by Gasteiger charge is -2.24. The van der Waals surface area contributed by atoms with E-state index in [1.54, 1.807) is 36.4 Å². The molecule has 0 heterocycles. The molecule has 1 amide bonds. The highest BCUT2D eigenvalue weighted by Gasteiger charge is 2.28. The lowest BCUT2D eigenvalue weighted by Crippen LogP contribution is -2.39. The van der Waals surface area contributed by atoms with Gasteiger partial charge in [-0.15, -0.1) is 0 Å². The first kappa shape index (κ1) is 32.6. The topological polar surface area (TPSA) is 97.3 Å². The molecule has 224 valence electrons. The van der Waals surface area contributed by atoms with E-state index in [9.17, 15) is 13.2 Å². The van der Waals surface area contributed by atoms with Crippen LogP contribution in [0.1, 0.15) is 16.7 Å². The van der Waals surface area contributed by atoms with Crippen molar-refractivity contribution in [2.24, 2.45) is 5.10 Å². The van der Waals surface area contributed by atoms with E-state index in [0.717, 1.165) is 15.4 Å². The maximum absolute atomic E-state index is 13.6. The predicted octanol–water partition coefficient (Wildman–Crippen LogP) is 7.65. The monoisotopic (exact) mass is 723 g/mol. The fraction of sp³-hybridized carbons (Fsp3) is 0.133. The van der Waals surface area contributed by atoms with E-state index < -0.39 is 22.5 Å². The van der Waals surface area contributed by atoms with Crippen molar-refractivity contribution in [1.82, 2.24) is 5.43 Å². The molecule has 0 saturated carbocycles. The van der Waals surface area contributed by atoms with E-state index in [0.29, 0.717) is 26.6 Å². The molecule has 0 aliphatic heterocycles. The van der Waals surface area contributed by atoms with Crippen LogP contribution >= 0.6 is 50.7 Å². The maximum atomic E-state index is 13.6. The second-order valence-electron chi connectivity index (χ2n) is 9.19. The number of benzene rings is 4. The SMILES string of the molecule is COc1cc(/C=N/NC(=O)CN(c2cc(Cl)cc(Cl)c2)S(=O)(=O)c2ccc(C)cc2)cc(Br)c1OCc1ccc(Cl)cc1. The Morgan fingerprint density at radius 1 is 0.953 bits per heavy atom. The highest BCUT2D eigenvalue weighted by atomic mass is 79.9. The van der Waals surface area contributed by atoms with Gasteiger partial charge in [0, 0.05) is 15.1 Å². The quantitative estimate of drug-likeness (QED) is 0.127. The van der Waals surface area contributed by atoms with Gasteiger partial charge in [-0.25, -0.2) is 13.8 Å². The smallest absolute Gasteiger partial charge is 0.264 e. The second-order valence-corrected chi connectivity index (χ2v) is 13.2. The van der Waals surface area contributed by atoms with Crippen LogP contribution in [0.15, 0.2) is 93.3 Å². The van der Waals surface area contributed by atoms with Gasteiger partial charge in [-0.2, -0.15) is 5.10 Å². The van der Waals surface area contributed by atoms with Crippen LogP contribution in [-0.2, 0) is 21.4 Å². The summed E-state index contributed by atoms with van der Waals surface area (Å²) in [6, 6.07) is 21.3. The van der Waals surface area contributed by atoms with Crippen molar-refractivity contribution in [1.29, 1.82) is 0 Å². The highest BCUT2D eigenvalue weighted by molar-refractivity contribution is 9.10. The van der Waals surface area contributed by atoms with Crippen molar-refractivity contribution in [3.8, 4) is 11.5 Å². The van der Waals surface area contributed by atoms with Gasteiger partial charge in [-0.1, -0.05) is 64.6 Å². The fourth-order valence-corrected chi connectivity index (χ4v) is 6.49. The number of nitrogens with one attached hydrogen (secondary N) is 1. The van der Waals surface area contributed by atoms with Crippen LogP contribution in [0, 0.1) is 6.92 Å². The minimum absolute atomic E-state index is 0.000755. The van der Waals surface area contributed by atoms with Crippen LogP contribution in [0.3, 0.4) is 0 Å². The zero-order chi connectivity index (χ0) is 31.1. The number of amides is 1. The third kappa shape index (κ3) is 8.64. The Morgan fingerprint density at radius 3 is 2.23 bits per heavy atom. The van der Waals surface area contributed by atoms with Crippen molar-refractivity contribution >= 4 is 78.6 Å². The molecule has 0 aliphatic rings. The third-order valence-corrected chi connectivity index (χ3v) is 9.05. The van der Waals surface area contributed by atoms with Crippen LogP contribution in [0.25, 0.3) is 0 Å². The van der Waals surface area contributed by atoms with Crippen molar-refractivity contribution in [2.45, 2.75) is 18.4 Å². The first-order chi connectivity index (χ1) is 20.5. The minimum atomic E-state index is -4.16. The number of nitrogens with zero attached hydrogens (tertiary/aromatic N) is 2. The molecule has 4 aromatic carbocycles. The average Bonchev–Trinajstić information content (AvgIpc) is 2.95. The summed E-state index contributed by atoms with van der Waals surface area (Å²) >= 11 is 21.7. The number of halogens is 4. The molecule has 0 unspecified atom stereocenters. The first-order valence-corrected chi connectivity index (χ1v) is 15.9. The van der Waals surface area contributed by atoms with E-state index in [1.165, 1.54) is 43.7 Å². The van der Waals surface area contributed by atoms with Crippen molar-refractivity contribution in [2.75, 3.05) is 18.0 Å². The number of aryl methyl sites for hydroxylation is 1. The largest absolute Gasteiger partial charge is 0.493 e. The van der Waals surface area contributed by atoms with Crippen molar-refractivity contribution in [3.63, 3.8) is 0 Å². The van der Waals surface area contributed by atoms with Crippen LogP contribution in [0.4, 0.5) is 5.69 Å². The van der Waals surface area contributed by atoms with Gasteiger partial charge >= 0.3 is 0 Å². The van der Waals surface area contributed by atoms with Crippen LogP contribution in [0.5, 0.6) is 11.5 Å². The fourth-order valence-electron chi connectivity index (χ4n) is 3.87. The van der Waals surface area contributed by atoms with Gasteiger partial charge in [0.2, 0.25) is 0 Å². The molecule has 4 aromatic rings. The molecule has 8 nitrogen and oxygen atoms in total. The third-order valence-electron chi connectivity index (χ3n) is 5.98. The standard InChI is InChI=1S/C30H25BrCl3N3O5S/c1-19-3-9-26(10-4-19)43(39,40)37(25-14-23(33)13-24(34)15-25)17-29(38)36-35-16-21-11-27(31)30(28(12-21)41-2)42-18-20-5-7-22(32)8-6-20/h3-16H,17-18H2,1-2H3,(H,36,38)/b35-16+. The van der Waals surface area contributed by atoms with Gasteiger partial charge in [0.05, 0.1) is 28.4 Å². The number of hydrogen-bond acceptors (Lipinski definition) is 6. The Bertz CT molecular complexity index is 1730. The van der Waals surface area contributed by atoms with E-state index >= 15 is 0 Å². The molecule has 43 heavy (non-hydrogen) atoms. The average molecular weight is 726 g/mol. The van der Waals surface area contributed by atoms with Crippen molar-refractivity contribution in [3.05, 3.63) is 115 Å². The Hall–Kier alpha value is -3.28. The number of hydrazone groups is 1. The van der Waals surface area contributed by atoms with Crippen LogP contribution in [0.2, 0.25) is 15.1 Å². The summed E-state index contributed by atoms with van der Waals surface area (Å²) in [5.74, 6) is 0.220. The summed E-state index contributed by atoms with van der Waals surface area (Å²) in [4.78, 5) is 12.9. The lowest BCUT2D eigenvalue weighted by atomic mass is 10.2. The molecule has 4 rings (SSSR count). The van der Waals surface area contributed by atoms with E-state index in [-0.39, 0.29) is 27.2 Å². The van der Waals surface area contributed by atoms with E-state index in [1.807, 2.05) is 19.1 Å². The molecule has 0 aromatic heterocycles. The first-order valence-electron chi connectivity index (χ1n) is 12.6. The van der Waals surface area contributed by atoms with Gasteiger partial charge in [0.15, 0.2) is 11.5 Å². The number of carbonyl (C=O) groups is 1. The molecule has 0 saturated heterocycles. The molecule has 13 heteroatoms. The normalized spacial score (nSPS) is 11.4. The van der Waals surface area contributed by atoms with Crippen LogP contribution in [-0.4, -0.2) is 34.2 Å². The number of sulfonamides is 1. The van der Waals surface area contributed by atoms with Gasteiger partial charge in [-0.3, -0.25) is 9.10 Å². The van der Waals surface area contributed by atoms with Gasteiger partial charge in [0.25, 0.3) is 15.9 Å². The summed E-state index contributed by atoms with van der Waals surface area (Å²) in [6.07, 6.45) is 1.39. The molecule has 0 spiro atoms. The zero-order valence-corrected chi connectivity index (χ0v) is 27.5. The highest BCUT2D eigenvalue weighted by Crippen LogP contribution is 2.37. The number of rotatable bonds is 11. The Balaban J connectivity index is 1.50. The van der Waals surface area contributed by atoms with Gasteiger partial charge < -0.3 is 9.47 Å². The van der Waals surface area contributed by atoms with Crippen LogP contribution < -0.4 is 19.2 Å². The molecule has 0 atom stereocenters. The molecular formula is C30H25BrCl3N3O5S. The zero-order valence-electron chi connectivity index (χ0n) is 22.9. The van der Waals surface area contributed by atoms with E-state index in [4.69, 9.17) is 44.3 Å². The number of anilines is 1. The molecule has 0 bridgehead atoms. The molecule has 0 aliphatic carbocycles. The molecule has 0 radical (unpaired) electrons. The number of hydrogen-bond donors (Lipinski definition) is 1. The molecule has 0 fully saturated rings. The summed E-state index contributed by atoms with van der Waals surface area (Å²) in [5.41, 5.74) is 4.88. The Labute approximate surface area is 273 Å². The van der Waals surface area contributed by atoms with Gasteiger partial charge in [0.1, 0.15) is 13.2 Å². The Morgan fingerprint density at radius 2 is 1.60 bits per heavy atom. The van der Waals surface area contributed by atoms with Crippen molar-refractivity contribution < 1.29 is 22.7 Å². The summed E-state index contributed by atoms with van der Waals surface area (Å²) < 4.78 is 40.1. The minimum Gasteiger partial charge on any atom is -0.493 e. The summed E-state index contributed by atoms with van der Waals surface area (Å²) in [7, 11) is -2.66. The van der Waals surface area contributed by atoms with E-state index in [2.05, 4.69) is 26.5 Å². The van der Waals surface area contributed by atoms with Gasteiger partial charge in [-0.05, 0) is 88.6 Å². The number of carbonyl (C=O) groups excluding carboxylic acids is 1. The maximum Gasteiger partial charge on any atom is 0.264 e. The summed E-state index contributed by atoms with van der Waals surface area (Å²) in [5, 5.41) is 5.07. The lowest BCUT2D eigenvalue weighted by molar-refractivity contribution is -0.119. The number of methoxy groups -OCH3 is 1. The predicted molar refractivity (Wildman–Crippen MR) is 174 cm³/mol. The molecule has 1 N–H and O–H groups in total. The number of ether oxygens (including phenoxy) is 2. The second kappa shape index (κ2) is 14.5.